The molecular weight excluding hydrogens is 429 g/mol. The smallest absolute Gasteiger partial charge is 0.453 e. The van der Waals surface area contributed by atoms with Gasteiger partial charge in [-0.15, -0.1) is 0 Å². The van der Waals surface area contributed by atoms with Crippen LogP contribution in [-0.2, 0) is 15.7 Å². The molecule has 0 N–H and O–H groups in total. The molecule has 0 aliphatic carbocycles. The maximum Gasteiger partial charge on any atom is 0.453 e. The highest BCUT2D eigenvalue weighted by molar-refractivity contribution is 5.80. The van der Waals surface area contributed by atoms with Crippen LogP contribution >= 0.6 is 0 Å². The number of halogens is 3. The normalized spacial score (nSPS) is 12.4. The monoisotopic (exact) mass is 450 g/mol. The number of carbonyl (C=O) groups excluding carboxylic acids is 1. The zero-order chi connectivity index (χ0) is 23.5. The van der Waals surface area contributed by atoms with E-state index in [1.165, 1.54) is 24.3 Å². The Balaban J connectivity index is 2.07. The first-order valence-corrected chi connectivity index (χ1v) is 9.89. The number of esters is 1. The van der Waals surface area contributed by atoms with Crippen molar-refractivity contribution in [3.05, 3.63) is 64.0 Å². The Morgan fingerprint density at radius 2 is 1.84 bits per heavy atom. The second kappa shape index (κ2) is 9.33. The van der Waals surface area contributed by atoms with E-state index in [-0.39, 0.29) is 35.5 Å². The van der Waals surface area contributed by atoms with Gasteiger partial charge in [0.05, 0.1) is 12.0 Å². The Morgan fingerprint density at radius 3 is 2.47 bits per heavy atom. The van der Waals surface area contributed by atoms with Crippen molar-refractivity contribution in [3.63, 3.8) is 0 Å². The quantitative estimate of drug-likeness (QED) is 0.434. The molecule has 3 aromatic rings. The third-order valence-corrected chi connectivity index (χ3v) is 4.49. The second-order valence-electron chi connectivity index (χ2n) is 6.93. The van der Waals surface area contributed by atoms with E-state index in [1.807, 2.05) is 0 Å². The standard InChI is InChI=1S/C23H21F3O6/c1-4-17(22(28)29-5-2)30-15-9-10-16-18(12-15)32-21(23(24,25)26)20(19(16)27)31-14-8-6-7-13(3)11-14/h6-12,17H,4-5H2,1-3H3. The molecule has 3 rings (SSSR count). The maximum atomic E-state index is 13.7. The lowest BCUT2D eigenvalue weighted by Gasteiger charge is -2.17. The molecule has 0 saturated heterocycles. The molecule has 6 nitrogen and oxygen atoms in total. The topological polar surface area (TPSA) is 75.0 Å². The molecule has 0 saturated carbocycles. The van der Waals surface area contributed by atoms with Crippen LogP contribution in [0.5, 0.6) is 17.2 Å². The van der Waals surface area contributed by atoms with Gasteiger partial charge in [-0.3, -0.25) is 4.79 Å². The van der Waals surface area contributed by atoms with Gasteiger partial charge in [-0.2, -0.15) is 13.2 Å². The highest BCUT2D eigenvalue weighted by Gasteiger charge is 2.40. The van der Waals surface area contributed by atoms with E-state index in [9.17, 15) is 22.8 Å². The molecule has 0 aliphatic heterocycles. The van der Waals surface area contributed by atoms with Crippen molar-refractivity contribution >= 4 is 16.9 Å². The summed E-state index contributed by atoms with van der Waals surface area (Å²) in [6, 6.07) is 10.0. The summed E-state index contributed by atoms with van der Waals surface area (Å²) in [5, 5.41) is -0.128. The van der Waals surface area contributed by atoms with E-state index >= 15 is 0 Å². The summed E-state index contributed by atoms with van der Waals surface area (Å²) >= 11 is 0. The number of rotatable bonds is 7. The molecule has 2 aromatic carbocycles. The van der Waals surface area contributed by atoms with Gasteiger partial charge in [-0.05, 0) is 50.1 Å². The fourth-order valence-corrected chi connectivity index (χ4v) is 3.00. The third kappa shape index (κ3) is 5.04. The molecule has 0 bridgehead atoms. The van der Waals surface area contributed by atoms with Gasteiger partial charge >= 0.3 is 12.1 Å². The molecule has 1 heterocycles. The minimum absolute atomic E-state index is 0.0565. The van der Waals surface area contributed by atoms with Gasteiger partial charge in [0.15, 0.2) is 6.10 Å². The van der Waals surface area contributed by atoms with Gasteiger partial charge in [0, 0.05) is 6.07 Å². The Bertz CT molecular complexity index is 1180. The lowest BCUT2D eigenvalue weighted by atomic mass is 10.2. The van der Waals surface area contributed by atoms with E-state index in [1.54, 1.807) is 32.9 Å². The zero-order valence-electron chi connectivity index (χ0n) is 17.6. The number of benzene rings is 2. The van der Waals surface area contributed by atoms with Crippen LogP contribution in [0.2, 0.25) is 0 Å². The summed E-state index contributed by atoms with van der Waals surface area (Å²) in [6.45, 7) is 5.23. The van der Waals surface area contributed by atoms with E-state index in [4.69, 9.17) is 18.6 Å². The van der Waals surface area contributed by atoms with E-state index in [0.29, 0.717) is 0 Å². The summed E-state index contributed by atoms with van der Waals surface area (Å²) in [5.41, 5.74) is -0.589. The van der Waals surface area contributed by atoms with Crippen LogP contribution in [-0.4, -0.2) is 18.7 Å². The van der Waals surface area contributed by atoms with Crippen LogP contribution in [0.15, 0.2) is 51.7 Å². The van der Waals surface area contributed by atoms with Crippen molar-refractivity contribution in [2.75, 3.05) is 6.61 Å². The predicted molar refractivity (Wildman–Crippen MR) is 110 cm³/mol. The summed E-state index contributed by atoms with van der Waals surface area (Å²) in [5.74, 6) is -2.99. The predicted octanol–water partition coefficient (Wildman–Crippen LogP) is 5.63. The van der Waals surface area contributed by atoms with Crippen molar-refractivity contribution in [2.24, 2.45) is 0 Å². The van der Waals surface area contributed by atoms with Crippen LogP contribution in [0.4, 0.5) is 13.2 Å². The van der Waals surface area contributed by atoms with Gasteiger partial charge in [-0.25, -0.2) is 4.79 Å². The number of ether oxygens (including phenoxy) is 3. The van der Waals surface area contributed by atoms with E-state index in [0.717, 1.165) is 11.6 Å². The van der Waals surface area contributed by atoms with Crippen molar-refractivity contribution < 1.29 is 36.6 Å². The summed E-state index contributed by atoms with van der Waals surface area (Å²) < 4.78 is 61.9. The Kier molecular flexibility index (Phi) is 6.76. The fourth-order valence-electron chi connectivity index (χ4n) is 3.00. The van der Waals surface area contributed by atoms with Gasteiger partial charge < -0.3 is 18.6 Å². The van der Waals surface area contributed by atoms with E-state index in [2.05, 4.69) is 0 Å². The summed E-state index contributed by atoms with van der Waals surface area (Å²) in [6.07, 6.45) is -5.66. The van der Waals surface area contributed by atoms with Crippen LogP contribution in [0, 0.1) is 6.92 Å². The molecular formula is C23H21F3O6. The van der Waals surface area contributed by atoms with Gasteiger partial charge in [0.25, 0.3) is 5.76 Å². The maximum absolute atomic E-state index is 13.7. The summed E-state index contributed by atoms with van der Waals surface area (Å²) in [4.78, 5) is 24.8. The molecule has 1 atom stereocenters. The first-order chi connectivity index (χ1) is 15.1. The largest absolute Gasteiger partial charge is 0.479 e. The molecule has 0 aliphatic rings. The lowest BCUT2D eigenvalue weighted by molar-refractivity contribution is -0.154. The average Bonchev–Trinajstić information content (AvgIpc) is 2.73. The third-order valence-electron chi connectivity index (χ3n) is 4.49. The van der Waals surface area contributed by atoms with Crippen LogP contribution in [0.3, 0.4) is 0 Å². The highest BCUT2D eigenvalue weighted by atomic mass is 19.4. The van der Waals surface area contributed by atoms with Gasteiger partial charge in [0.2, 0.25) is 11.2 Å². The van der Waals surface area contributed by atoms with Gasteiger partial charge in [-0.1, -0.05) is 19.1 Å². The number of fused-ring (bicyclic) bond motifs is 1. The number of alkyl halides is 3. The minimum Gasteiger partial charge on any atom is -0.479 e. The minimum atomic E-state index is -4.99. The first kappa shape index (κ1) is 23.2. The molecule has 1 aromatic heterocycles. The SMILES string of the molecule is CCOC(=O)C(CC)Oc1ccc2c(=O)c(Oc3cccc(C)c3)c(C(F)(F)F)oc2c1. The molecule has 9 heteroatoms. The zero-order valence-corrected chi connectivity index (χ0v) is 17.6. The summed E-state index contributed by atoms with van der Waals surface area (Å²) in [7, 11) is 0. The number of hydrogen-bond acceptors (Lipinski definition) is 6. The molecule has 0 fully saturated rings. The van der Waals surface area contributed by atoms with Crippen molar-refractivity contribution in [1.29, 1.82) is 0 Å². The molecule has 170 valence electrons. The Hall–Kier alpha value is -3.49. The van der Waals surface area contributed by atoms with E-state index < -0.39 is 35.2 Å². The molecule has 1 unspecified atom stereocenters. The fraction of sp³-hybridized carbons (Fsp3) is 0.304. The van der Waals surface area contributed by atoms with Crippen molar-refractivity contribution in [2.45, 2.75) is 39.5 Å². The molecule has 0 amide bonds. The molecule has 0 radical (unpaired) electrons. The van der Waals surface area contributed by atoms with Crippen LogP contribution in [0.25, 0.3) is 11.0 Å². The van der Waals surface area contributed by atoms with Crippen molar-refractivity contribution in [3.8, 4) is 17.2 Å². The second-order valence-corrected chi connectivity index (χ2v) is 6.93. The average molecular weight is 450 g/mol. The Labute approximate surface area is 181 Å². The number of aryl methyl sites for hydroxylation is 1. The van der Waals surface area contributed by atoms with Crippen LogP contribution in [0.1, 0.15) is 31.6 Å². The first-order valence-electron chi connectivity index (χ1n) is 9.89. The molecule has 32 heavy (non-hydrogen) atoms. The number of hydrogen-bond donors (Lipinski definition) is 0. The highest BCUT2D eigenvalue weighted by Crippen LogP contribution is 2.38. The van der Waals surface area contributed by atoms with Crippen LogP contribution < -0.4 is 14.9 Å². The van der Waals surface area contributed by atoms with Gasteiger partial charge in [0.1, 0.15) is 17.1 Å². The Morgan fingerprint density at radius 1 is 1.09 bits per heavy atom. The lowest BCUT2D eigenvalue weighted by Crippen LogP contribution is -2.28. The molecule has 0 spiro atoms. The number of carbonyl (C=O) groups is 1. The van der Waals surface area contributed by atoms with Crippen molar-refractivity contribution in [1.82, 2.24) is 0 Å².